The zero-order chi connectivity index (χ0) is 20.3. The zero-order valence-electron chi connectivity index (χ0n) is 15.9. The van der Waals surface area contributed by atoms with Gasteiger partial charge in [0.05, 0.1) is 31.8 Å². The lowest BCUT2D eigenvalue weighted by Gasteiger charge is -2.14. The molecule has 3 rings (SSSR count). The third-order valence-corrected chi connectivity index (χ3v) is 5.85. The van der Waals surface area contributed by atoms with Gasteiger partial charge in [-0.3, -0.25) is 4.90 Å². The molecule has 0 aliphatic rings. The second kappa shape index (κ2) is 9.08. The Hall–Kier alpha value is -1.88. The molecular formula is C18H20BrN3O4S2. The maximum Gasteiger partial charge on any atom is 0.288 e. The average Bonchev–Trinajstić information content (AvgIpc) is 3.25. The van der Waals surface area contributed by atoms with Gasteiger partial charge in [0.2, 0.25) is 11.6 Å². The topological polar surface area (TPSA) is 61.9 Å². The lowest BCUT2D eigenvalue weighted by Crippen LogP contribution is -2.22. The summed E-state index contributed by atoms with van der Waals surface area (Å²) < 4.78 is 24.6. The number of hydrogen-bond acceptors (Lipinski definition) is 8. The van der Waals surface area contributed by atoms with Crippen LogP contribution in [0.3, 0.4) is 0 Å². The van der Waals surface area contributed by atoms with Gasteiger partial charge in [-0.25, -0.2) is 4.68 Å². The SMILES string of the molecule is COc1cc(-c2nn(CN(C)Cc3ccc(Br)s3)c(=S)o2)cc(OC)c1OC. The van der Waals surface area contributed by atoms with Crippen LogP contribution in [0, 0.1) is 4.84 Å². The lowest BCUT2D eigenvalue weighted by atomic mass is 10.2. The predicted molar refractivity (Wildman–Crippen MR) is 114 cm³/mol. The number of benzene rings is 1. The van der Waals surface area contributed by atoms with Crippen molar-refractivity contribution < 1.29 is 18.6 Å². The molecule has 0 spiro atoms. The van der Waals surface area contributed by atoms with Gasteiger partial charge >= 0.3 is 0 Å². The maximum atomic E-state index is 5.71. The number of ether oxygens (including phenoxy) is 3. The molecule has 2 aromatic heterocycles. The van der Waals surface area contributed by atoms with Crippen molar-refractivity contribution in [2.75, 3.05) is 28.4 Å². The minimum atomic E-state index is 0.294. The highest BCUT2D eigenvalue weighted by atomic mass is 79.9. The van der Waals surface area contributed by atoms with Gasteiger partial charge in [0.1, 0.15) is 0 Å². The lowest BCUT2D eigenvalue weighted by molar-refractivity contribution is 0.242. The van der Waals surface area contributed by atoms with Crippen molar-refractivity contribution in [1.82, 2.24) is 14.7 Å². The molecule has 0 aliphatic carbocycles. The minimum Gasteiger partial charge on any atom is -0.493 e. The first-order valence-corrected chi connectivity index (χ1v) is 10.3. The van der Waals surface area contributed by atoms with Crippen molar-refractivity contribution in [3.05, 3.63) is 37.8 Å². The molecule has 0 N–H and O–H groups in total. The monoisotopic (exact) mass is 485 g/mol. The quantitative estimate of drug-likeness (QED) is 0.424. The Labute approximate surface area is 180 Å². The highest BCUT2D eigenvalue weighted by Crippen LogP contribution is 2.40. The highest BCUT2D eigenvalue weighted by Gasteiger charge is 2.18. The summed E-state index contributed by atoms with van der Waals surface area (Å²) in [6.45, 7) is 1.28. The molecular weight excluding hydrogens is 466 g/mol. The van der Waals surface area contributed by atoms with Gasteiger partial charge in [0, 0.05) is 17.0 Å². The minimum absolute atomic E-state index is 0.294. The van der Waals surface area contributed by atoms with E-state index in [4.69, 9.17) is 30.8 Å². The summed E-state index contributed by atoms with van der Waals surface area (Å²) in [5.74, 6) is 1.94. The molecule has 10 heteroatoms. The Morgan fingerprint density at radius 1 is 1.18 bits per heavy atom. The van der Waals surface area contributed by atoms with Gasteiger partial charge in [-0.05, 0) is 59.5 Å². The van der Waals surface area contributed by atoms with Crippen molar-refractivity contribution in [1.29, 1.82) is 0 Å². The van der Waals surface area contributed by atoms with E-state index in [-0.39, 0.29) is 0 Å². The fourth-order valence-electron chi connectivity index (χ4n) is 2.70. The van der Waals surface area contributed by atoms with Gasteiger partial charge in [-0.1, -0.05) is 0 Å². The van der Waals surface area contributed by atoms with E-state index >= 15 is 0 Å². The van der Waals surface area contributed by atoms with Crippen LogP contribution in [0.15, 0.2) is 32.5 Å². The van der Waals surface area contributed by atoms with Crippen LogP contribution >= 0.6 is 39.5 Å². The summed E-state index contributed by atoms with van der Waals surface area (Å²) in [5.41, 5.74) is 0.684. The number of thiophene rings is 1. The van der Waals surface area contributed by atoms with E-state index in [1.54, 1.807) is 49.5 Å². The molecule has 0 atom stereocenters. The van der Waals surface area contributed by atoms with Crippen LogP contribution in [0.5, 0.6) is 17.2 Å². The van der Waals surface area contributed by atoms with Crippen molar-refractivity contribution >= 4 is 39.5 Å². The second-order valence-electron chi connectivity index (χ2n) is 5.95. The average molecular weight is 486 g/mol. The molecule has 28 heavy (non-hydrogen) atoms. The molecule has 0 unspecified atom stereocenters. The highest BCUT2D eigenvalue weighted by molar-refractivity contribution is 9.11. The number of hydrogen-bond donors (Lipinski definition) is 0. The molecule has 0 saturated heterocycles. The first kappa shape index (κ1) is 20.8. The summed E-state index contributed by atoms with van der Waals surface area (Å²) in [6.07, 6.45) is 0. The van der Waals surface area contributed by atoms with Gasteiger partial charge in [0.25, 0.3) is 4.84 Å². The second-order valence-corrected chi connectivity index (χ2v) is 8.84. The number of rotatable bonds is 8. The number of halogens is 1. The van der Waals surface area contributed by atoms with Crippen LogP contribution < -0.4 is 14.2 Å². The van der Waals surface area contributed by atoms with E-state index in [0.717, 1.165) is 10.3 Å². The van der Waals surface area contributed by atoms with Crippen molar-refractivity contribution in [2.24, 2.45) is 0 Å². The zero-order valence-corrected chi connectivity index (χ0v) is 19.1. The summed E-state index contributed by atoms with van der Waals surface area (Å²) in [5, 5.41) is 4.52. The van der Waals surface area contributed by atoms with E-state index in [0.29, 0.717) is 40.2 Å². The number of nitrogens with zero attached hydrogens (tertiary/aromatic N) is 3. The number of aromatic nitrogens is 2. The summed E-state index contributed by atoms with van der Waals surface area (Å²) >= 11 is 10.5. The summed E-state index contributed by atoms with van der Waals surface area (Å²) in [7, 11) is 6.69. The van der Waals surface area contributed by atoms with Crippen LogP contribution in [0.2, 0.25) is 0 Å². The van der Waals surface area contributed by atoms with Crippen molar-refractivity contribution in [3.63, 3.8) is 0 Å². The van der Waals surface area contributed by atoms with E-state index in [1.165, 1.54) is 4.88 Å². The Bertz CT molecular complexity index is 989. The van der Waals surface area contributed by atoms with Crippen LogP contribution in [-0.2, 0) is 13.2 Å². The molecule has 0 saturated carbocycles. The van der Waals surface area contributed by atoms with Gasteiger partial charge in [0.15, 0.2) is 11.5 Å². The molecule has 0 radical (unpaired) electrons. The van der Waals surface area contributed by atoms with Crippen molar-refractivity contribution in [2.45, 2.75) is 13.2 Å². The van der Waals surface area contributed by atoms with Gasteiger partial charge < -0.3 is 18.6 Å². The van der Waals surface area contributed by atoms with Crippen molar-refractivity contribution in [3.8, 4) is 28.7 Å². The molecule has 150 valence electrons. The maximum absolute atomic E-state index is 5.71. The van der Waals surface area contributed by atoms with Gasteiger partial charge in [-0.15, -0.1) is 16.4 Å². The Morgan fingerprint density at radius 2 is 1.86 bits per heavy atom. The standard InChI is InChI=1S/C18H20BrN3O4S2/c1-21(9-12-5-6-15(19)28-12)10-22-18(27)26-17(20-22)11-7-13(23-2)16(25-4)14(8-11)24-3/h5-8H,9-10H2,1-4H3. The Morgan fingerprint density at radius 3 is 2.39 bits per heavy atom. The number of methoxy groups -OCH3 is 3. The molecule has 0 aliphatic heterocycles. The van der Waals surface area contributed by atoms with E-state index in [1.807, 2.05) is 13.1 Å². The van der Waals surface area contributed by atoms with Crippen LogP contribution in [0.4, 0.5) is 0 Å². The predicted octanol–water partition coefficient (Wildman–Crippen LogP) is 4.81. The molecule has 1 aromatic carbocycles. The van der Waals surface area contributed by atoms with E-state index in [9.17, 15) is 0 Å². The molecule has 2 heterocycles. The first-order valence-electron chi connectivity index (χ1n) is 8.26. The van der Waals surface area contributed by atoms with Crippen LogP contribution in [0.1, 0.15) is 4.88 Å². The smallest absolute Gasteiger partial charge is 0.288 e. The van der Waals surface area contributed by atoms with E-state index in [2.05, 4.69) is 32.0 Å². The molecule has 0 bridgehead atoms. The summed E-state index contributed by atoms with van der Waals surface area (Å²) in [6, 6.07) is 7.69. The Kier molecular flexibility index (Phi) is 6.76. The fraction of sp³-hybridized carbons (Fsp3) is 0.333. The normalized spacial score (nSPS) is 11.1. The fourth-order valence-corrected chi connectivity index (χ4v) is 4.44. The molecule has 7 nitrogen and oxygen atoms in total. The third-order valence-electron chi connectivity index (χ3n) is 3.95. The first-order chi connectivity index (χ1) is 13.4. The third kappa shape index (κ3) is 4.57. The van der Waals surface area contributed by atoms with E-state index < -0.39 is 0 Å². The van der Waals surface area contributed by atoms with Crippen LogP contribution in [0.25, 0.3) is 11.5 Å². The molecule has 3 aromatic rings. The van der Waals surface area contributed by atoms with Crippen LogP contribution in [-0.4, -0.2) is 43.1 Å². The largest absolute Gasteiger partial charge is 0.493 e. The Balaban J connectivity index is 1.84. The molecule has 0 amide bonds. The summed E-state index contributed by atoms with van der Waals surface area (Å²) in [4.78, 5) is 3.65. The molecule has 0 fully saturated rings. The van der Waals surface area contributed by atoms with Gasteiger partial charge in [-0.2, -0.15) is 0 Å².